The van der Waals surface area contributed by atoms with Gasteiger partial charge in [-0.1, -0.05) is 41.5 Å². The fraction of sp³-hybridized carbons (Fsp3) is 1.00. The van der Waals surface area contributed by atoms with Gasteiger partial charge in [-0.25, -0.2) is 0 Å². The van der Waals surface area contributed by atoms with Gasteiger partial charge in [0.25, 0.3) is 0 Å². The van der Waals surface area contributed by atoms with Crippen molar-refractivity contribution in [3.63, 3.8) is 0 Å². The van der Waals surface area contributed by atoms with Gasteiger partial charge in [0.1, 0.15) is 0 Å². The van der Waals surface area contributed by atoms with Crippen molar-refractivity contribution in [2.75, 3.05) is 12.8 Å². The van der Waals surface area contributed by atoms with Gasteiger partial charge < -0.3 is 4.52 Å². The molecule has 3 heteroatoms. The zero-order valence-electron chi connectivity index (χ0n) is 11.1. The molecule has 0 aliphatic rings. The normalized spacial score (nSPS) is 15.3. The molecule has 0 bridgehead atoms. The molecule has 0 saturated heterocycles. The van der Waals surface area contributed by atoms with Crippen molar-refractivity contribution in [3.05, 3.63) is 0 Å². The summed E-state index contributed by atoms with van der Waals surface area (Å²) in [7, 11) is -1.79. The molecule has 92 valence electrons. The summed E-state index contributed by atoms with van der Waals surface area (Å²) in [6.07, 6.45) is 2.66. The molecule has 1 unspecified atom stereocenters. The molecule has 2 nitrogen and oxygen atoms in total. The van der Waals surface area contributed by atoms with Crippen LogP contribution < -0.4 is 0 Å². The Hall–Kier alpha value is 0.190. The standard InChI is InChI=1S/C12H27O2P/c1-11(2,3)7-9-14-15(13)10-8-12(4,5)6/h15H,7-10H2,1-6H3. The van der Waals surface area contributed by atoms with E-state index < -0.39 is 8.03 Å². The predicted octanol–water partition coefficient (Wildman–Crippen LogP) is 4.35. The Morgan fingerprint density at radius 3 is 1.80 bits per heavy atom. The van der Waals surface area contributed by atoms with Crippen LogP contribution in [0.15, 0.2) is 0 Å². The van der Waals surface area contributed by atoms with E-state index in [4.69, 9.17) is 4.52 Å². The molecule has 0 N–H and O–H groups in total. The molecule has 0 aromatic carbocycles. The zero-order valence-corrected chi connectivity index (χ0v) is 12.1. The molecule has 0 fully saturated rings. The van der Waals surface area contributed by atoms with Crippen LogP contribution in [-0.4, -0.2) is 12.8 Å². The van der Waals surface area contributed by atoms with Gasteiger partial charge in [0.05, 0.1) is 6.61 Å². The zero-order chi connectivity index (χ0) is 12.1. The minimum atomic E-state index is -1.79. The molecule has 0 heterocycles. The number of rotatable bonds is 5. The maximum Gasteiger partial charge on any atom is 0.191 e. The van der Waals surface area contributed by atoms with Crippen molar-refractivity contribution in [2.24, 2.45) is 10.8 Å². The number of hydrogen-bond acceptors (Lipinski definition) is 2. The van der Waals surface area contributed by atoms with Gasteiger partial charge in [0, 0.05) is 6.16 Å². The van der Waals surface area contributed by atoms with E-state index in [1.54, 1.807) is 0 Å². The van der Waals surface area contributed by atoms with E-state index in [1.807, 2.05) is 0 Å². The first-order chi connectivity index (χ1) is 6.60. The maximum atomic E-state index is 11.5. The third-order valence-electron chi connectivity index (χ3n) is 2.19. The monoisotopic (exact) mass is 234 g/mol. The molecule has 1 atom stereocenters. The van der Waals surface area contributed by atoms with Crippen LogP contribution in [-0.2, 0) is 9.09 Å². The van der Waals surface area contributed by atoms with E-state index in [2.05, 4.69) is 41.5 Å². The van der Waals surface area contributed by atoms with Gasteiger partial charge in [-0.05, 0) is 23.7 Å². The second kappa shape index (κ2) is 6.06. The van der Waals surface area contributed by atoms with Crippen LogP contribution in [0, 0.1) is 10.8 Å². The Morgan fingerprint density at radius 2 is 1.40 bits per heavy atom. The van der Waals surface area contributed by atoms with Gasteiger partial charge in [-0.3, -0.25) is 4.57 Å². The predicted molar refractivity (Wildman–Crippen MR) is 68.0 cm³/mol. The van der Waals surface area contributed by atoms with Crippen LogP contribution in [0.2, 0.25) is 0 Å². The summed E-state index contributed by atoms with van der Waals surface area (Å²) in [5, 5.41) is 0. The van der Waals surface area contributed by atoms with E-state index >= 15 is 0 Å². The van der Waals surface area contributed by atoms with Crippen LogP contribution >= 0.6 is 8.03 Å². The lowest BCUT2D eigenvalue weighted by Crippen LogP contribution is -2.09. The highest BCUT2D eigenvalue weighted by atomic mass is 31.1. The SMILES string of the molecule is CC(C)(C)CCO[PH](=O)CCC(C)(C)C. The van der Waals surface area contributed by atoms with Crippen molar-refractivity contribution in [1.29, 1.82) is 0 Å². The van der Waals surface area contributed by atoms with Crippen LogP contribution in [0.5, 0.6) is 0 Å². The second-order valence-electron chi connectivity index (χ2n) is 6.59. The largest absolute Gasteiger partial charge is 0.330 e. The van der Waals surface area contributed by atoms with Gasteiger partial charge in [0.2, 0.25) is 0 Å². The molecule has 0 aliphatic heterocycles. The molecule has 0 aromatic rings. The number of hydrogen-bond donors (Lipinski definition) is 0. The van der Waals surface area contributed by atoms with E-state index in [-0.39, 0.29) is 10.8 Å². The van der Waals surface area contributed by atoms with Crippen molar-refractivity contribution in [1.82, 2.24) is 0 Å². The van der Waals surface area contributed by atoms with Crippen molar-refractivity contribution in [2.45, 2.75) is 54.4 Å². The summed E-state index contributed by atoms with van der Waals surface area (Å²) >= 11 is 0. The minimum absolute atomic E-state index is 0.258. The summed E-state index contributed by atoms with van der Waals surface area (Å²) in [5.41, 5.74) is 0.528. The average Bonchev–Trinajstić information content (AvgIpc) is 1.97. The summed E-state index contributed by atoms with van der Waals surface area (Å²) in [6.45, 7) is 13.6. The van der Waals surface area contributed by atoms with E-state index in [1.165, 1.54) is 0 Å². The highest BCUT2D eigenvalue weighted by molar-refractivity contribution is 7.39. The average molecular weight is 234 g/mol. The van der Waals surface area contributed by atoms with Gasteiger partial charge >= 0.3 is 0 Å². The highest BCUT2D eigenvalue weighted by Gasteiger charge is 2.14. The molecule has 0 rings (SSSR count). The van der Waals surface area contributed by atoms with Crippen molar-refractivity contribution in [3.8, 4) is 0 Å². The molecular weight excluding hydrogens is 207 g/mol. The van der Waals surface area contributed by atoms with Crippen LogP contribution in [0.1, 0.15) is 54.4 Å². The van der Waals surface area contributed by atoms with E-state index in [0.29, 0.717) is 6.61 Å². The van der Waals surface area contributed by atoms with Crippen LogP contribution in [0.4, 0.5) is 0 Å². The van der Waals surface area contributed by atoms with Gasteiger partial charge in [-0.2, -0.15) is 0 Å². The lowest BCUT2D eigenvalue weighted by Gasteiger charge is -2.19. The van der Waals surface area contributed by atoms with E-state index in [9.17, 15) is 4.57 Å². The Labute approximate surface area is 95.7 Å². The summed E-state index contributed by atoms with van der Waals surface area (Å²) < 4.78 is 16.9. The quantitative estimate of drug-likeness (QED) is 0.661. The fourth-order valence-corrected chi connectivity index (χ4v) is 2.45. The first-order valence-corrected chi connectivity index (χ1v) is 7.28. The third-order valence-corrected chi connectivity index (χ3v) is 3.38. The highest BCUT2D eigenvalue weighted by Crippen LogP contribution is 2.31. The first kappa shape index (κ1) is 15.2. The molecule has 0 aromatic heterocycles. The first-order valence-electron chi connectivity index (χ1n) is 5.76. The van der Waals surface area contributed by atoms with Crippen molar-refractivity contribution >= 4 is 8.03 Å². The second-order valence-corrected chi connectivity index (χ2v) is 8.12. The molecule has 15 heavy (non-hydrogen) atoms. The van der Waals surface area contributed by atoms with E-state index in [0.717, 1.165) is 19.0 Å². The lowest BCUT2D eigenvalue weighted by molar-refractivity contribution is 0.250. The molecule has 0 aliphatic carbocycles. The molecule has 0 spiro atoms. The Kier molecular flexibility index (Phi) is 6.13. The third kappa shape index (κ3) is 12.1. The lowest BCUT2D eigenvalue weighted by atomic mass is 9.93. The Bertz CT molecular complexity index is 199. The Balaban J connectivity index is 3.60. The Morgan fingerprint density at radius 1 is 0.933 bits per heavy atom. The van der Waals surface area contributed by atoms with Gasteiger partial charge in [0.15, 0.2) is 8.03 Å². The molecule has 0 saturated carbocycles. The molecule has 0 radical (unpaired) electrons. The van der Waals surface area contributed by atoms with Crippen molar-refractivity contribution < 1.29 is 9.09 Å². The smallest absolute Gasteiger partial charge is 0.191 e. The molecule has 0 amide bonds. The van der Waals surface area contributed by atoms with Crippen LogP contribution in [0.25, 0.3) is 0 Å². The minimum Gasteiger partial charge on any atom is -0.330 e. The summed E-state index contributed by atoms with van der Waals surface area (Å²) in [5.74, 6) is 0. The fourth-order valence-electron chi connectivity index (χ4n) is 1.02. The summed E-state index contributed by atoms with van der Waals surface area (Å²) in [4.78, 5) is 0. The van der Waals surface area contributed by atoms with Gasteiger partial charge in [-0.15, -0.1) is 0 Å². The maximum absolute atomic E-state index is 11.5. The summed E-state index contributed by atoms with van der Waals surface area (Å²) in [6, 6.07) is 0. The topological polar surface area (TPSA) is 26.3 Å². The van der Waals surface area contributed by atoms with Crippen LogP contribution in [0.3, 0.4) is 0 Å². The molecular formula is C12H27O2P.